The molecule has 5 heteroatoms. The molecule has 1 aromatic heterocycles. The van der Waals surface area contributed by atoms with Gasteiger partial charge in [0.05, 0.1) is 11.4 Å². The van der Waals surface area contributed by atoms with Crippen LogP contribution >= 0.6 is 23.4 Å². The van der Waals surface area contributed by atoms with Crippen molar-refractivity contribution in [1.29, 1.82) is 0 Å². The molecular formula is C14H13ClN2OS. The van der Waals surface area contributed by atoms with Gasteiger partial charge < -0.3 is 5.32 Å². The third-order valence-corrected chi connectivity index (χ3v) is 3.96. The Hall–Kier alpha value is -1.52. The van der Waals surface area contributed by atoms with E-state index in [1.54, 1.807) is 18.3 Å². The minimum Gasteiger partial charge on any atom is -0.323 e. The maximum absolute atomic E-state index is 11.8. The standard InChI is InChI=1S/C14H13ClN2OS/c1-10-5-2-3-7-12(10)19-9-13(18)17-11-6-4-8-16-14(11)15/h2-8H,9H2,1H3,(H,17,18). The summed E-state index contributed by atoms with van der Waals surface area (Å²) in [6.07, 6.45) is 1.58. The molecule has 0 aliphatic rings. The van der Waals surface area contributed by atoms with Crippen LogP contribution in [0.4, 0.5) is 5.69 Å². The van der Waals surface area contributed by atoms with Gasteiger partial charge in [0.25, 0.3) is 0 Å². The predicted octanol–water partition coefficient (Wildman–Crippen LogP) is 3.77. The molecule has 0 saturated heterocycles. The number of aromatic nitrogens is 1. The van der Waals surface area contributed by atoms with Crippen LogP contribution in [0.1, 0.15) is 5.56 Å². The second-order valence-electron chi connectivity index (χ2n) is 3.94. The average Bonchev–Trinajstić information content (AvgIpc) is 2.40. The molecule has 1 amide bonds. The molecule has 2 rings (SSSR count). The predicted molar refractivity (Wildman–Crippen MR) is 79.8 cm³/mol. The van der Waals surface area contributed by atoms with Crippen molar-refractivity contribution in [1.82, 2.24) is 4.98 Å². The maximum atomic E-state index is 11.8. The number of thioether (sulfide) groups is 1. The Bertz CT molecular complexity index is 589. The van der Waals surface area contributed by atoms with Crippen molar-refractivity contribution in [3.63, 3.8) is 0 Å². The van der Waals surface area contributed by atoms with Crippen molar-refractivity contribution >= 4 is 35.0 Å². The fourth-order valence-corrected chi connectivity index (χ4v) is 2.52. The molecule has 0 spiro atoms. The lowest BCUT2D eigenvalue weighted by molar-refractivity contribution is -0.113. The largest absolute Gasteiger partial charge is 0.323 e. The Labute approximate surface area is 121 Å². The molecule has 19 heavy (non-hydrogen) atoms. The molecule has 98 valence electrons. The van der Waals surface area contributed by atoms with E-state index in [9.17, 15) is 4.79 Å². The summed E-state index contributed by atoms with van der Waals surface area (Å²) in [4.78, 5) is 16.8. The first-order valence-corrected chi connectivity index (χ1v) is 7.12. The minimum absolute atomic E-state index is 0.0943. The van der Waals surface area contributed by atoms with E-state index in [0.717, 1.165) is 4.90 Å². The molecule has 1 heterocycles. The van der Waals surface area contributed by atoms with Crippen LogP contribution in [0.5, 0.6) is 0 Å². The zero-order chi connectivity index (χ0) is 13.7. The molecular weight excluding hydrogens is 280 g/mol. The highest BCUT2D eigenvalue weighted by atomic mass is 35.5. The van der Waals surface area contributed by atoms with E-state index < -0.39 is 0 Å². The topological polar surface area (TPSA) is 42.0 Å². The van der Waals surface area contributed by atoms with Crippen LogP contribution in [-0.4, -0.2) is 16.6 Å². The van der Waals surface area contributed by atoms with Gasteiger partial charge in [0.2, 0.25) is 5.91 Å². The van der Waals surface area contributed by atoms with Gasteiger partial charge in [0.15, 0.2) is 5.15 Å². The first-order chi connectivity index (χ1) is 9.16. The van der Waals surface area contributed by atoms with Gasteiger partial charge in [-0.15, -0.1) is 11.8 Å². The molecule has 0 saturated carbocycles. The van der Waals surface area contributed by atoms with Crippen molar-refractivity contribution in [3.05, 3.63) is 53.3 Å². The number of rotatable bonds is 4. The monoisotopic (exact) mass is 292 g/mol. The molecule has 3 nitrogen and oxygen atoms in total. The number of amides is 1. The highest BCUT2D eigenvalue weighted by Crippen LogP contribution is 2.23. The summed E-state index contributed by atoms with van der Waals surface area (Å²) >= 11 is 7.38. The highest BCUT2D eigenvalue weighted by molar-refractivity contribution is 8.00. The van der Waals surface area contributed by atoms with Crippen molar-refractivity contribution < 1.29 is 4.79 Å². The molecule has 0 atom stereocenters. The van der Waals surface area contributed by atoms with E-state index >= 15 is 0 Å². The number of nitrogens with one attached hydrogen (secondary N) is 1. The summed E-state index contributed by atoms with van der Waals surface area (Å²) in [5.74, 6) is 0.249. The van der Waals surface area contributed by atoms with Crippen molar-refractivity contribution in [2.24, 2.45) is 0 Å². The van der Waals surface area contributed by atoms with Gasteiger partial charge in [0, 0.05) is 11.1 Å². The van der Waals surface area contributed by atoms with E-state index in [0.29, 0.717) is 16.6 Å². The lowest BCUT2D eigenvalue weighted by atomic mass is 10.2. The summed E-state index contributed by atoms with van der Waals surface area (Å²) in [5, 5.41) is 3.05. The SMILES string of the molecule is Cc1ccccc1SCC(=O)Nc1cccnc1Cl. The van der Waals surface area contributed by atoms with Crippen LogP contribution < -0.4 is 5.32 Å². The molecule has 0 radical (unpaired) electrons. The van der Waals surface area contributed by atoms with Gasteiger partial charge in [-0.25, -0.2) is 4.98 Å². The molecule has 2 aromatic rings. The fourth-order valence-electron chi connectivity index (χ4n) is 1.53. The number of hydrogen-bond donors (Lipinski definition) is 1. The average molecular weight is 293 g/mol. The zero-order valence-electron chi connectivity index (χ0n) is 10.4. The summed E-state index contributed by atoms with van der Waals surface area (Å²) in [7, 11) is 0. The second-order valence-corrected chi connectivity index (χ2v) is 5.32. The number of benzene rings is 1. The van der Waals surface area contributed by atoms with Gasteiger partial charge >= 0.3 is 0 Å². The quantitative estimate of drug-likeness (QED) is 0.689. The minimum atomic E-state index is -0.0943. The number of hydrogen-bond acceptors (Lipinski definition) is 3. The van der Waals surface area contributed by atoms with E-state index in [2.05, 4.69) is 10.3 Å². The van der Waals surface area contributed by atoms with Crippen LogP contribution in [0, 0.1) is 6.92 Å². The van der Waals surface area contributed by atoms with Gasteiger partial charge in [-0.05, 0) is 30.7 Å². The molecule has 0 aliphatic carbocycles. The highest BCUT2D eigenvalue weighted by Gasteiger charge is 2.07. The van der Waals surface area contributed by atoms with Crippen molar-refractivity contribution in [2.45, 2.75) is 11.8 Å². The Balaban J connectivity index is 1.92. The van der Waals surface area contributed by atoms with Gasteiger partial charge in [-0.1, -0.05) is 29.8 Å². The number of aryl methyl sites for hydroxylation is 1. The van der Waals surface area contributed by atoms with E-state index in [1.807, 2.05) is 31.2 Å². The normalized spacial score (nSPS) is 10.2. The molecule has 0 aliphatic heterocycles. The maximum Gasteiger partial charge on any atom is 0.234 e. The number of nitrogens with zero attached hydrogens (tertiary/aromatic N) is 1. The van der Waals surface area contributed by atoms with E-state index in [1.165, 1.54) is 17.3 Å². The Kier molecular flexibility index (Phi) is 4.82. The number of halogens is 1. The Morgan fingerprint density at radius 1 is 1.32 bits per heavy atom. The molecule has 0 fully saturated rings. The van der Waals surface area contributed by atoms with Gasteiger partial charge in [-0.2, -0.15) is 0 Å². The first kappa shape index (κ1) is 13.9. The van der Waals surface area contributed by atoms with Crippen LogP contribution in [0.25, 0.3) is 0 Å². The smallest absolute Gasteiger partial charge is 0.234 e. The first-order valence-electron chi connectivity index (χ1n) is 5.75. The van der Waals surface area contributed by atoms with Crippen LogP contribution in [-0.2, 0) is 4.79 Å². The summed E-state index contributed by atoms with van der Waals surface area (Å²) in [6.45, 7) is 2.03. The molecule has 1 aromatic carbocycles. The van der Waals surface area contributed by atoms with E-state index in [-0.39, 0.29) is 5.91 Å². The van der Waals surface area contributed by atoms with Crippen LogP contribution in [0.2, 0.25) is 5.15 Å². The van der Waals surface area contributed by atoms with Crippen LogP contribution in [0.15, 0.2) is 47.5 Å². The van der Waals surface area contributed by atoms with Crippen LogP contribution in [0.3, 0.4) is 0 Å². The van der Waals surface area contributed by atoms with Crippen molar-refractivity contribution in [3.8, 4) is 0 Å². The van der Waals surface area contributed by atoms with Gasteiger partial charge in [0.1, 0.15) is 0 Å². The molecule has 1 N–H and O–H groups in total. The lowest BCUT2D eigenvalue weighted by Crippen LogP contribution is -2.14. The third-order valence-electron chi connectivity index (χ3n) is 2.49. The van der Waals surface area contributed by atoms with Gasteiger partial charge in [-0.3, -0.25) is 4.79 Å². The number of carbonyl (C=O) groups excluding carboxylic acids is 1. The summed E-state index contributed by atoms with van der Waals surface area (Å²) in [6, 6.07) is 11.4. The zero-order valence-corrected chi connectivity index (χ0v) is 12.0. The van der Waals surface area contributed by atoms with Crippen molar-refractivity contribution in [2.75, 3.05) is 11.1 Å². The summed E-state index contributed by atoms with van der Waals surface area (Å²) in [5.41, 5.74) is 1.71. The number of carbonyl (C=O) groups is 1. The number of pyridine rings is 1. The Morgan fingerprint density at radius 3 is 2.84 bits per heavy atom. The second kappa shape index (κ2) is 6.59. The van der Waals surface area contributed by atoms with E-state index in [4.69, 9.17) is 11.6 Å². The number of anilines is 1. The molecule has 0 bridgehead atoms. The third kappa shape index (κ3) is 3.98. The lowest BCUT2D eigenvalue weighted by Gasteiger charge is -2.07. The summed E-state index contributed by atoms with van der Waals surface area (Å²) < 4.78 is 0. The Morgan fingerprint density at radius 2 is 2.11 bits per heavy atom. The molecule has 0 unspecified atom stereocenters. The fraction of sp³-hybridized carbons (Fsp3) is 0.143.